The third-order valence-corrected chi connectivity index (χ3v) is 5.58. The fourth-order valence-electron chi connectivity index (χ4n) is 3.85. The first-order chi connectivity index (χ1) is 13.0. The largest absolute Gasteiger partial charge is 0.380 e. The summed E-state index contributed by atoms with van der Waals surface area (Å²) in [6.45, 7) is 2.39. The van der Waals surface area contributed by atoms with Crippen LogP contribution in [-0.4, -0.2) is 45.3 Å². The lowest BCUT2D eigenvalue weighted by atomic mass is 10.1. The number of aliphatic hydroxyl groups is 1. The van der Waals surface area contributed by atoms with Gasteiger partial charge in [0.1, 0.15) is 11.9 Å². The van der Waals surface area contributed by atoms with Crippen LogP contribution in [0.25, 0.3) is 16.6 Å². The summed E-state index contributed by atoms with van der Waals surface area (Å²) in [6.07, 6.45) is -1.14. The maximum Gasteiger partial charge on any atom is 0.266 e. The number of hydrogen-bond acceptors (Lipinski definition) is 5. The Morgan fingerprint density at radius 1 is 1.11 bits per heavy atom. The van der Waals surface area contributed by atoms with Gasteiger partial charge in [-0.3, -0.25) is 9.36 Å². The SMILES string of the molecule is O=c1c2ccccc2nc2n1-c1cc(N3CCN(Cl)CC3)c(F)cc1C2O. The van der Waals surface area contributed by atoms with Gasteiger partial charge in [0.05, 0.1) is 22.3 Å². The molecule has 27 heavy (non-hydrogen) atoms. The number of aromatic nitrogens is 2. The van der Waals surface area contributed by atoms with Gasteiger partial charge in [-0.25, -0.2) is 13.8 Å². The summed E-state index contributed by atoms with van der Waals surface area (Å²) in [5.41, 5.74) is 1.48. The smallest absolute Gasteiger partial charge is 0.266 e. The van der Waals surface area contributed by atoms with E-state index in [4.69, 9.17) is 11.8 Å². The molecule has 2 aliphatic heterocycles. The molecule has 138 valence electrons. The Morgan fingerprint density at radius 3 is 2.63 bits per heavy atom. The van der Waals surface area contributed by atoms with E-state index in [0.29, 0.717) is 54.0 Å². The minimum absolute atomic E-state index is 0.218. The third kappa shape index (κ3) is 2.46. The Kier molecular flexibility index (Phi) is 3.72. The summed E-state index contributed by atoms with van der Waals surface area (Å²) in [5, 5.41) is 11.1. The van der Waals surface area contributed by atoms with Crippen LogP contribution in [0.15, 0.2) is 41.2 Å². The van der Waals surface area contributed by atoms with Crippen molar-refractivity contribution < 1.29 is 9.50 Å². The molecule has 0 spiro atoms. The van der Waals surface area contributed by atoms with Crippen molar-refractivity contribution in [3.63, 3.8) is 0 Å². The summed E-state index contributed by atoms with van der Waals surface area (Å²) in [7, 11) is 0. The van der Waals surface area contributed by atoms with Crippen LogP contribution in [0.2, 0.25) is 0 Å². The van der Waals surface area contributed by atoms with E-state index >= 15 is 0 Å². The van der Waals surface area contributed by atoms with E-state index in [9.17, 15) is 14.3 Å². The number of aliphatic hydroxyl groups excluding tert-OH is 1. The molecule has 1 aromatic heterocycles. The molecule has 0 radical (unpaired) electrons. The second-order valence-corrected chi connectivity index (χ2v) is 7.27. The Hall–Kier alpha value is -2.48. The van der Waals surface area contributed by atoms with E-state index in [0.717, 1.165) is 0 Å². The monoisotopic (exact) mass is 386 g/mol. The lowest BCUT2D eigenvalue weighted by Crippen LogP contribution is -2.42. The van der Waals surface area contributed by atoms with Gasteiger partial charge >= 0.3 is 0 Å². The van der Waals surface area contributed by atoms with Gasteiger partial charge in [0.15, 0.2) is 5.82 Å². The van der Waals surface area contributed by atoms with Crippen molar-refractivity contribution in [3.05, 3.63) is 64.0 Å². The van der Waals surface area contributed by atoms with Gasteiger partial charge in [0, 0.05) is 31.7 Å². The van der Waals surface area contributed by atoms with Gasteiger partial charge in [0.2, 0.25) is 0 Å². The fourth-order valence-corrected chi connectivity index (χ4v) is 4.00. The van der Waals surface area contributed by atoms with Crippen LogP contribution in [0, 0.1) is 5.82 Å². The number of rotatable bonds is 1. The van der Waals surface area contributed by atoms with Crippen molar-refractivity contribution >= 4 is 28.4 Å². The van der Waals surface area contributed by atoms with E-state index < -0.39 is 11.9 Å². The number of fused-ring (bicyclic) bond motifs is 4. The van der Waals surface area contributed by atoms with Gasteiger partial charge in [0.25, 0.3) is 5.56 Å². The molecule has 0 saturated carbocycles. The average molecular weight is 387 g/mol. The quantitative estimate of drug-likeness (QED) is 0.650. The number of hydrogen-bond donors (Lipinski definition) is 1. The molecule has 5 rings (SSSR count). The summed E-state index contributed by atoms with van der Waals surface area (Å²) in [5.74, 6) is -0.211. The summed E-state index contributed by atoms with van der Waals surface area (Å²) in [4.78, 5) is 19.4. The van der Waals surface area contributed by atoms with E-state index in [1.807, 2.05) is 4.90 Å². The maximum atomic E-state index is 14.8. The normalized spacial score (nSPS) is 19.4. The topological polar surface area (TPSA) is 61.6 Å². The first-order valence-electron chi connectivity index (χ1n) is 8.74. The van der Waals surface area contributed by atoms with Crippen LogP contribution < -0.4 is 10.5 Å². The van der Waals surface area contributed by atoms with Crippen molar-refractivity contribution in [2.24, 2.45) is 0 Å². The molecule has 1 saturated heterocycles. The average Bonchev–Trinajstić information content (AvgIpc) is 2.94. The van der Waals surface area contributed by atoms with E-state index in [1.165, 1.54) is 10.6 Å². The van der Waals surface area contributed by atoms with E-state index in [-0.39, 0.29) is 11.4 Å². The zero-order valence-electron chi connectivity index (χ0n) is 14.3. The van der Waals surface area contributed by atoms with Gasteiger partial charge in [-0.15, -0.1) is 0 Å². The van der Waals surface area contributed by atoms with E-state index in [1.54, 1.807) is 34.8 Å². The molecule has 1 atom stereocenters. The third-order valence-electron chi connectivity index (χ3n) is 5.24. The number of para-hydroxylation sites is 1. The number of nitrogens with zero attached hydrogens (tertiary/aromatic N) is 4. The van der Waals surface area contributed by atoms with Gasteiger partial charge in [-0.1, -0.05) is 12.1 Å². The van der Waals surface area contributed by atoms with Crippen LogP contribution in [0.1, 0.15) is 17.5 Å². The summed E-state index contributed by atoms with van der Waals surface area (Å²) in [6, 6.07) is 9.92. The molecule has 0 aliphatic carbocycles. The fraction of sp³-hybridized carbons (Fsp3) is 0.263. The van der Waals surface area contributed by atoms with Crippen LogP contribution in [-0.2, 0) is 0 Å². The number of benzene rings is 2. The summed E-state index contributed by atoms with van der Waals surface area (Å²) < 4.78 is 17.9. The molecule has 0 amide bonds. The maximum absolute atomic E-state index is 14.8. The molecular formula is C19H16ClFN4O2. The minimum Gasteiger partial charge on any atom is -0.380 e. The molecular weight excluding hydrogens is 371 g/mol. The zero-order chi connectivity index (χ0) is 18.7. The van der Waals surface area contributed by atoms with Gasteiger partial charge < -0.3 is 10.0 Å². The van der Waals surface area contributed by atoms with Crippen LogP contribution in [0.3, 0.4) is 0 Å². The van der Waals surface area contributed by atoms with Gasteiger partial charge in [-0.2, -0.15) is 0 Å². The predicted molar refractivity (Wildman–Crippen MR) is 101 cm³/mol. The highest BCUT2D eigenvalue weighted by Crippen LogP contribution is 2.38. The van der Waals surface area contributed by atoms with Crippen LogP contribution >= 0.6 is 11.8 Å². The van der Waals surface area contributed by atoms with Crippen LogP contribution in [0.5, 0.6) is 0 Å². The standard InChI is InChI=1S/C19H16ClFN4O2/c20-24-7-5-23(6-8-24)16-10-15-12(9-13(16)21)17(26)18-22-14-4-2-1-3-11(14)19(27)25(15)18/h1-4,9-10,17,26H,5-8H2. The molecule has 3 aromatic rings. The number of anilines is 1. The van der Waals surface area contributed by atoms with E-state index in [2.05, 4.69) is 4.98 Å². The first-order valence-corrected chi connectivity index (χ1v) is 9.07. The summed E-state index contributed by atoms with van der Waals surface area (Å²) >= 11 is 5.99. The lowest BCUT2D eigenvalue weighted by molar-refractivity contribution is 0.215. The van der Waals surface area contributed by atoms with Gasteiger partial charge in [-0.05, 0) is 36.0 Å². The Labute approximate surface area is 159 Å². The number of halogens is 2. The Bertz CT molecular complexity index is 1120. The highest BCUT2D eigenvalue weighted by Gasteiger charge is 2.33. The number of piperazine rings is 1. The molecule has 0 bridgehead atoms. The molecule has 3 heterocycles. The molecule has 1 unspecified atom stereocenters. The highest BCUT2D eigenvalue weighted by molar-refractivity contribution is 6.13. The predicted octanol–water partition coefficient (Wildman–Crippen LogP) is 2.20. The molecule has 1 N–H and O–H groups in total. The zero-order valence-corrected chi connectivity index (χ0v) is 15.0. The first kappa shape index (κ1) is 16.7. The molecule has 2 aromatic carbocycles. The second kappa shape index (κ2) is 6.02. The molecule has 1 fully saturated rings. The van der Waals surface area contributed by atoms with Crippen molar-refractivity contribution in [2.45, 2.75) is 6.10 Å². The second-order valence-electron chi connectivity index (χ2n) is 6.79. The molecule has 2 aliphatic rings. The van der Waals surface area contributed by atoms with Crippen molar-refractivity contribution in [3.8, 4) is 5.69 Å². The lowest BCUT2D eigenvalue weighted by Gasteiger charge is -2.33. The van der Waals surface area contributed by atoms with Crippen LogP contribution in [0.4, 0.5) is 10.1 Å². The Morgan fingerprint density at radius 2 is 1.85 bits per heavy atom. The molecule has 6 nitrogen and oxygen atoms in total. The van der Waals surface area contributed by atoms with Crippen molar-refractivity contribution in [1.82, 2.24) is 14.0 Å². The minimum atomic E-state index is -1.14. The van der Waals surface area contributed by atoms with Crippen molar-refractivity contribution in [2.75, 3.05) is 31.1 Å². The highest BCUT2D eigenvalue weighted by atomic mass is 35.5. The Balaban J connectivity index is 1.71. The molecule has 8 heteroatoms. The van der Waals surface area contributed by atoms with Crippen molar-refractivity contribution in [1.29, 1.82) is 0 Å².